The molecule has 2 heterocycles. The molecule has 1 unspecified atom stereocenters. The number of rotatable bonds is 5. The van der Waals surface area contributed by atoms with Gasteiger partial charge in [-0.2, -0.15) is 0 Å². The number of amides is 1. The molecule has 1 amide bonds. The van der Waals surface area contributed by atoms with Crippen molar-refractivity contribution in [1.29, 1.82) is 0 Å². The molecule has 0 saturated carbocycles. The number of pyridine rings is 1. The van der Waals surface area contributed by atoms with Crippen LogP contribution in [-0.2, 0) is 11.3 Å². The highest BCUT2D eigenvalue weighted by Crippen LogP contribution is 2.18. The van der Waals surface area contributed by atoms with Gasteiger partial charge in [-0.25, -0.2) is 4.98 Å². The fourth-order valence-electron chi connectivity index (χ4n) is 2.91. The van der Waals surface area contributed by atoms with Crippen LogP contribution in [0.5, 0.6) is 0 Å². The molecule has 1 aliphatic rings. The topological polar surface area (TPSA) is 71.2 Å². The monoisotopic (exact) mass is 396 g/mol. The van der Waals surface area contributed by atoms with E-state index in [0.29, 0.717) is 6.54 Å². The molecule has 1 aromatic heterocycles. The first kappa shape index (κ1) is 22.2. The van der Waals surface area contributed by atoms with Crippen molar-refractivity contribution in [2.24, 2.45) is 5.73 Å². The van der Waals surface area contributed by atoms with Gasteiger partial charge in [-0.05, 0) is 43.0 Å². The van der Waals surface area contributed by atoms with E-state index < -0.39 is 6.04 Å². The molecule has 0 radical (unpaired) electrons. The van der Waals surface area contributed by atoms with Crippen LogP contribution in [0.1, 0.15) is 35.6 Å². The second-order valence-corrected chi connectivity index (χ2v) is 6.32. The van der Waals surface area contributed by atoms with Crippen LogP contribution in [0.3, 0.4) is 0 Å². The number of hydrogen-bond donors (Lipinski definition) is 2. The summed E-state index contributed by atoms with van der Waals surface area (Å²) in [5.74, 6) is 0.820. The number of hydrogen-bond acceptors (Lipinski definition) is 4. The van der Waals surface area contributed by atoms with Gasteiger partial charge >= 0.3 is 0 Å². The lowest BCUT2D eigenvalue weighted by Gasteiger charge is -2.17. The second kappa shape index (κ2) is 10.4. The number of carbonyl (C=O) groups is 1. The summed E-state index contributed by atoms with van der Waals surface area (Å²) in [4.78, 5) is 19.0. The van der Waals surface area contributed by atoms with Crippen LogP contribution >= 0.6 is 24.8 Å². The largest absolute Gasteiger partial charge is 0.357 e. The summed E-state index contributed by atoms with van der Waals surface area (Å²) in [7, 11) is 0. The molecule has 0 spiro atoms. The molecule has 1 aliphatic heterocycles. The zero-order chi connectivity index (χ0) is 16.9. The fourth-order valence-corrected chi connectivity index (χ4v) is 2.91. The molecule has 7 heteroatoms. The Hall–Kier alpha value is -1.82. The molecule has 26 heavy (non-hydrogen) atoms. The normalized spacial score (nSPS) is 14.2. The SMILES string of the molecule is Cc1ccc(C(N)C(=O)NCc2ccnc(N3CCCC3)c2)cc1.Cl.Cl. The van der Waals surface area contributed by atoms with Crippen LogP contribution in [0.2, 0.25) is 0 Å². The van der Waals surface area contributed by atoms with E-state index >= 15 is 0 Å². The summed E-state index contributed by atoms with van der Waals surface area (Å²) in [6.07, 6.45) is 4.23. The first-order valence-corrected chi connectivity index (χ1v) is 8.43. The van der Waals surface area contributed by atoms with Crippen LogP contribution in [0.25, 0.3) is 0 Å². The molecule has 2 aromatic rings. The van der Waals surface area contributed by atoms with Crippen molar-refractivity contribution < 1.29 is 4.79 Å². The first-order chi connectivity index (χ1) is 11.6. The zero-order valence-electron chi connectivity index (χ0n) is 14.9. The third-order valence-electron chi connectivity index (χ3n) is 4.43. The highest BCUT2D eigenvalue weighted by molar-refractivity contribution is 5.85. The number of anilines is 1. The number of nitrogens with two attached hydrogens (primary N) is 1. The maximum Gasteiger partial charge on any atom is 0.241 e. The van der Waals surface area contributed by atoms with Crippen molar-refractivity contribution in [2.45, 2.75) is 32.4 Å². The van der Waals surface area contributed by atoms with Gasteiger partial charge in [0.2, 0.25) is 5.91 Å². The van der Waals surface area contributed by atoms with Gasteiger partial charge in [0.05, 0.1) is 0 Å². The van der Waals surface area contributed by atoms with Crippen molar-refractivity contribution in [3.05, 3.63) is 59.3 Å². The quantitative estimate of drug-likeness (QED) is 0.813. The van der Waals surface area contributed by atoms with Crippen LogP contribution in [0.4, 0.5) is 5.82 Å². The Balaban J connectivity index is 0.00000169. The lowest BCUT2D eigenvalue weighted by atomic mass is 10.1. The van der Waals surface area contributed by atoms with Crippen molar-refractivity contribution in [3.8, 4) is 0 Å². The summed E-state index contributed by atoms with van der Waals surface area (Å²) in [6, 6.07) is 11.1. The minimum Gasteiger partial charge on any atom is -0.357 e. The zero-order valence-corrected chi connectivity index (χ0v) is 16.5. The van der Waals surface area contributed by atoms with E-state index in [9.17, 15) is 4.79 Å². The van der Waals surface area contributed by atoms with E-state index in [1.807, 2.05) is 43.3 Å². The predicted octanol–water partition coefficient (Wildman–Crippen LogP) is 3.15. The summed E-state index contributed by atoms with van der Waals surface area (Å²) in [5.41, 5.74) is 9.06. The molecule has 1 atom stereocenters. The minimum atomic E-state index is -0.648. The smallest absolute Gasteiger partial charge is 0.241 e. The minimum absolute atomic E-state index is 0. The lowest BCUT2D eigenvalue weighted by Crippen LogP contribution is -2.33. The second-order valence-electron chi connectivity index (χ2n) is 6.32. The molecular weight excluding hydrogens is 371 g/mol. The van der Waals surface area contributed by atoms with E-state index in [-0.39, 0.29) is 30.7 Å². The lowest BCUT2D eigenvalue weighted by molar-refractivity contribution is -0.122. The number of carbonyl (C=O) groups excluding carboxylic acids is 1. The Morgan fingerprint density at radius 2 is 1.85 bits per heavy atom. The third-order valence-corrected chi connectivity index (χ3v) is 4.43. The van der Waals surface area contributed by atoms with Gasteiger partial charge in [0.1, 0.15) is 11.9 Å². The van der Waals surface area contributed by atoms with Gasteiger partial charge < -0.3 is 16.0 Å². The van der Waals surface area contributed by atoms with Crippen molar-refractivity contribution in [2.75, 3.05) is 18.0 Å². The number of aromatic nitrogens is 1. The molecule has 142 valence electrons. The molecule has 1 fully saturated rings. The van der Waals surface area contributed by atoms with Crippen molar-refractivity contribution >= 4 is 36.5 Å². The summed E-state index contributed by atoms with van der Waals surface area (Å²) >= 11 is 0. The molecule has 0 aliphatic carbocycles. The fraction of sp³-hybridized carbons (Fsp3) is 0.368. The van der Waals surface area contributed by atoms with Crippen LogP contribution < -0.4 is 16.0 Å². The molecule has 0 bridgehead atoms. The van der Waals surface area contributed by atoms with E-state index in [1.54, 1.807) is 6.20 Å². The number of nitrogens with one attached hydrogen (secondary N) is 1. The highest BCUT2D eigenvalue weighted by atomic mass is 35.5. The third kappa shape index (κ3) is 5.59. The number of benzene rings is 1. The maximum absolute atomic E-state index is 12.3. The summed E-state index contributed by atoms with van der Waals surface area (Å²) in [6.45, 7) is 4.58. The number of aryl methyl sites for hydroxylation is 1. The Bertz CT molecular complexity index is 703. The van der Waals surface area contributed by atoms with Gasteiger partial charge in [-0.3, -0.25) is 4.79 Å². The number of nitrogens with zero attached hydrogens (tertiary/aromatic N) is 2. The van der Waals surface area contributed by atoms with Gasteiger partial charge in [0.25, 0.3) is 0 Å². The average molecular weight is 397 g/mol. The van der Waals surface area contributed by atoms with Gasteiger partial charge in [-0.15, -0.1) is 24.8 Å². The van der Waals surface area contributed by atoms with E-state index in [1.165, 1.54) is 12.8 Å². The molecule has 3 rings (SSSR count). The Labute approximate surface area is 167 Å². The Kier molecular flexibility index (Phi) is 8.85. The molecular formula is C19H26Cl2N4O. The first-order valence-electron chi connectivity index (χ1n) is 8.43. The summed E-state index contributed by atoms with van der Waals surface area (Å²) < 4.78 is 0. The van der Waals surface area contributed by atoms with Crippen molar-refractivity contribution in [3.63, 3.8) is 0 Å². The van der Waals surface area contributed by atoms with Gasteiger partial charge in [-0.1, -0.05) is 29.8 Å². The Morgan fingerprint density at radius 1 is 1.19 bits per heavy atom. The van der Waals surface area contributed by atoms with Crippen LogP contribution in [0.15, 0.2) is 42.6 Å². The van der Waals surface area contributed by atoms with Crippen LogP contribution in [-0.4, -0.2) is 24.0 Å². The standard InChI is InChI=1S/C19H24N4O.2ClH/c1-14-4-6-16(7-5-14)18(20)19(24)22-13-15-8-9-21-17(12-15)23-10-2-3-11-23;;/h4-9,12,18H,2-3,10-11,13,20H2,1H3,(H,22,24);2*1H. The van der Waals surface area contributed by atoms with Crippen molar-refractivity contribution in [1.82, 2.24) is 10.3 Å². The molecule has 3 N–H and O–H groups in total. The summed E-state index contributed by atoms with van der Waals surface area (Å²) in [5, 5.41) is 2.92. The molecule has 1 aromatic carbocycles. The number of halogens is 2. The Morgan fingerprint density at radius 3 is 2.50 bits per heavy atom. The van der Waals surface area contributed by atoms with E-state index in [4.69, 9.17) is 5.73 Å². The van der Waals surface area contributed by atoms with Crippen LogP contribution in [0, 0.1) is 6.92 Å². The van der Waals surface area contributed by atoms with E-state index in [0.717, 1.165) is 35.6 Å². The van der Waals surface area contributed by atoms with Gasteiger partial charge in [0.15, 0.2) is 0 Å². The predicted molar refractivity (Wildman–Crippen MR) is 110 cm³/mol. The maximum atomic E-state index is 12.3. The van der Waals surface area contributed by atoms with Gasteiger partial charge in [0, 0.05) is 25.8 Å². The molecule has 5 nitrogen and oxygen atoms in total. The average Bonchev–Trinajstić information content (AvgIpc) is 3.15. The highest BCUT2D eigenvalue weighted by Gasteiger charge is 2.16. The van der Waals surface area contributed by atoms with E-state index in [2.05, 4.69) is 15.2 Å². The molecule has 1 saturated heterocycles.